The number of nitrogens with one attached hydrogen (secondary N) is 1. The molecule has 2 saturated carbocycles. The molecule has 1 saturated heterocycles. The summed E-state index contributed by atoms with van der Waals surface area (Å²) in [7, 11) is 0. The van der Waals surface area contributed by atoms with Crippen molar-refractivity contribution in [1.29, 1.82) is 0 Å². The number of carbonyl (C=O) groups is 2. The average molecular weight is 448 g/mol. The Morgan fingerprint density at radius 1 is 1.07 bits per heavy atom. The van der Waals surface area contributed by atoms with Gasteiger partial charge in [0.15, 0.2) is 5.17 Å². The van der Waals surface area contributed by atoms with Gasteiger partial charge in [-0.3, -0.25) is 19.5 Å². The molecule has 1 aliphatic heterocycles. The molecule has 1 aromatic rings. The van der Waals surface area contributed by atoms with Crippen molar-refractivity contribution in [3.8, 4) is 0 Å². The van der Waals surface area contributed by atoms with Gasteiger partial charge in [0.2, 0.25) is 11.8 Å². The zero-order valence-corrected chi connectivity index (χ0v) is 18.9. The molecular weight excluding hydrogens is 418 g/mol. The van der Waals surface area contributed by atoms with Crippen molar-refractivity contribution in [3.63, 3.8) is 0 Å². The second-order valence-electron chi connectivity index (χ2n) is 8.54. The molecule has 30 heavy (non-hydrogen) atoms. The van der Waals surface area contributed by atoms with Gasteiger partial charge >= 0.3 is 0 Å². The molecule has 2 aliphatic carbocycles. The lowest BCUT2D eigenvalue weighted by Gasteiger charge is -2.31. The molecule has 0 unspecified atom stereocenters. The second kappa shape index (κ2) is 10.2. The first-order valence-corrected chi connectivity index (χ1v) is 12.5. The number of para-hydroxylation sites is 1. The van der Waals surface area contributed by atoms with Gasteiger partial charge < -0.3 is 5.32 Å². The first kappa shape index (κ1) is 21.7. The number of carbonyl (C=O) groups excluding carboxylic acids is 2. The van der Waals surface area contributed by atoms with E-state index in [4.69, 9.17) is 16.6 Å². The summed E-state index contributed by atoms with van der Waals surface area (Å²) in [5.41, 5.74) is 0.583. The number of aliphatic imine (C=N–C) groups is 1. The molecule has 3 fully saturated rings. The lowest BCUT2D eigenvalue weighted by Crippen LogP contribution is -2.43. The Kier molecular flexibility index (Phi) is 7.37. The van der Waals surface area contributed by atoms with Crippen LogP contribution in [0.3, 0.4) is 0 Å². The van der Waals surface area contributed by atoms with Gasteiger partial charge in [-0.05, 0) is 37.8 Å². The lowest BCUT2D eigenvalue weighted by molar-refractivity contribution is -0.130. The maximum Gasteiger partial charge on any atom is 0.242 e. The molecule has 2 amide bonds. The predicted molar refractivity (Wildman–Crippen MR) is 124 cm³/mol. The molecule has 1 heterocycles. The number of nitrogens with zero attached hydrogens (tertiary/aromatic N) is 2. The van der Waals surface area contributed by atoms with Crippen molar-refractivity contribution < 1.29 is 9.59 Å². The van der Waals surface area contributed by atoms with Gasteiger partial charge in [-0.25, -0.2) is 0 Å². The quantitative estimate of drug-likeness (QED) is 0.635. The lowest BCUT2D eigenvalue weighted by atomic mass is 9.94. The number of anilines is 1. The van der Waals surface area contributed by atoms with Crippen molar-refractivity contribution in [1.82, 2.24) is 4.90 Å². The Balaban J connectivity index is 1.48. The van der Waals surface area contributed by atoms with E-state index in [1.807, 2.05) is 17.0 Å². The van der Waals surface area contributed by atoms with Gasteiger partial charge in [-0.1, -0.05) is 74.0 Å². The number of amides is 2. The standard InChI is InChI=1S/C23H30ClN3O2S/c24-18-13-7-8-14-19(18)26-21(28)15-20-22(29)27(17-11-5-2-6-12-17)23(30-20)25-16-9-3-1-4-10-16/h7-8,13-14,16-17,20H,1-6,9-12,15H2,(H,26,28)/t20-/m0/s1. The fraction of sp³-hybridized carbons (Fsp3) is 0.609. The van der Waals surface area contributed by atoms with Crippen LogP contribution in [0, 0.1) is 0 Å². The highest BCUT2D eigenvalue weighted by Crippen LogP contribution is 2.37. The minimum Gasteiger partial charge on any atom is -0.325 e. The Hall–Kier alpha value is -1.53. The molecular formula is C23H30ClN3O2S. The number of hydrogen-bond acceptors (Lipinski definition) is 4. The molecule has 0 bridgehead atoms. The zero-order valence-electron chi connectivity index (χ0n) is 17.3. The summed E-state index contributed by atoms with van der Waals surface area (Å²) >= 11 is 7.65. The molecule has 162 valence electrons. The largest absolute Gasteiger partial charge is 0.325 e. The van der Waals surface area contributed by atoms with Crippen molar-refractivity contribution in [2.75, 3.05) is 5.32 Å². The van der Waals surface area contributed by atoms with Crippen LogP contribution in [0.1, 0.15) is 70.6 Å². The number of amidine groups is 1. The minimum absolute atomic E-state index is 0.0516. The van der Waals surface area contributed by atoms with Crippen LogP contribution in [0.2, 0.25) is 5.02 Å². The van der Waals surface area contributed by atoms with E-state index in [1.54, 1.807) is 12.1 Å². The van der Waals surface area contributed by atoms with E-state index in [1.165, 1.54) is 37.4 Å². The number of halogens is 1. The topological polar surface area (TPSA) is 61.8 Å². The maximum atomic E-state index is 13.3. The van der Waals surface area contributed by atoms with Gasteiger partial charge in [0.05, 0.1) is 16.8 Å². The molecule has 0 radical (unpaired) electrons. The number of hydrogen-bond donors (Lipinski definition) is 1. The summed E-state index contributed by atoms with van der Waals surface area (Å²) in [6, 6.07) is 7.72. The Morgan fingerprint density at radius 3 is 2.43 bits per heavy atom. The van der Waals surface area contributed by atoms with Crippen LogP contribution in [0.15, 0.2) is 29.3 Å². The van der Waals surface area contributed by atoms with E-state index in [2.05, 4.69) is 5.32 Å². The Labute approximate surface area is 188 Å². The highest BCUT2D eigenvalue weighted by atomic mass is 35.5. The summed E-state index contributed by atoms with van der Waals surface area (Å²) < 4.78 is 0. The monoisotopic (exact) mass is 447 g/mol. The molecule has 0 spiro atoms. The maximum absolute atomic E-state index is 13.3. The third-order valence-corrected chi connectivity index (χ3v) is 7.79. The van der Waals surface area contributed by atoms with Gasteiger partial charge in [0.25, 0.3) is 0 Å². The molecule has 7 heteroatoms. The third kappa shape index (κ3) is 5.20. The van der Waals surface area contributed by atoms with Crippen LogP contribution in [-0.2, 0) is 9.59 Å². The van der Waals surface area contributed by atoms with E-state index in [9.17, 15) is 9.59 Å². The highest BCUT2D eigenvalue weighted by molar-refractivity contribution is 8.15. The molecule has 1 atom stereocenters. The first-order chi connectivity index (χ1) is 14.6. The number of benzene rings is 1. The fourth-order valence-electron chi connectivity index (χ4n) is 4.68. The second-order valence-corrected chi connectivity index (χ2v) is 10.1. The SMILES string of the molecule is O=C(C[C@@H]1SC(=NC2CCCCC2)N(C2CCCCC2)C1=O)Nc1ccccc1Cl. The summed E-state index contributed by atoms with van der Waals surface area (Å²) in [5.74, 6) is -0.132. The minimum atomic E-state index is -0.406. The van der Waals surface area contributed by atoms with E-state index >= 15 is 0 Å². The Bertz CT molecular complexity index is 803. The van der Waals surface area contributed by atoms with Crippen LogP contribution in [0.25, 0.3) is 0 Å². The van der Waals surface area contributed by atoms with Crippen LogP contribution in [0.5, 0.6) is 0 Å². The van der Waals surface area contributed by atoms with E-state index in [0.29, 0.717) is 16.8 Å². The third-order valence-electron chi connectivity index (χ3n) is 6.29. The zero-order chi connectivity index (χ0) is 20.9. The fourth-order valence-corrected chi connectivity index (χ4v) is 6.13. The summed E-state index contributed by atoms with van der Waals surface area (Å²) in [4.78, 5) is 33.0. The summed E-state index contributed by atoms with van der Waals surface area (Å²) in [5, 5.41) is 3.80. The van der Waals surface area contributed by atoms with Gasteiger partial charge in [0.1, 0.15) is 5.25 Å². The van der Waals surface area contributed by atoms with Crippen LogP contribution < -0.4 is 5.32 Å². The average Bonchev–Trinajstić information content (AvgIpc) is 3.05. The van der Waals surface area contributed by atoms with Crippen LogP contribution in [0.4, 0.5) is 5.69 Å². The van der Waals surface area contributed by atoms with E-state index < -0.39 is 5.25 Å². The number of thioether (sulfide) groups is 1. The summed E-state index contributed by atoms with van der Waals surface area (Å²) in [6.45, 7) is 0. The Morgan fingerprint density at radius 2 is 1.73 bits per heavy atom. The van der Waals surface area contributed by atoms with E-state index in [0.717, 1.165) is 43.7 Å². The highest BCUT2D eigenvalue weighted by Gasteiger charge is 2.43. The van der Waals surface area contributed by atoms with Crippen molar-refractivity contribution in [2.45, 2.75) is 88.0 Å². The van der Waals surface area contributed by atoms with Gasteiger partial charge in [-0.15, -0.1) is 0 Å². The normalized spacial score (nSPS) is 25.1. The molecule has 0 aromatic heterocycles. The van der Waals surface area contributed by atoms with Gasteiger partial charge in [-0.2, -0.15) is 0 Å². The molecule has 4 rings (SSSR count). The van der Waals surface area contributed by atoms with Crippen molar-refractivity contribution >= 4 is 46.0 Å². The molecule has 5 nitrogen and oxygen atoms in total. The smallest absolute Gasteiger partial charge is 0.242 e. The van der Waals surface area contributed by atoms with Gasteiger partial charge in [0, 0.05) is 12.5 Å². The van der Waals surface area contributed by atoms with Crippen molar-refractivity contribution in [3.05, 3.63) is 29.3 Å². The molecule has 1 N–H and O–H groups in total. The predicted octanol–water partition coefficient (Wildman–Crippen LogP) is 5.63. The van der Waals surface area contributed by atoms with Crippen LogP contribution >= 0.6 is 23.4 Å². The molecule has 3 aliphatic rings. The number of rotatable bonds is 5. The molecule has 1 aromatic carbocycles. The van der Waals surface area contributed by atoms with Crippen molar-refractivity contribution in [2.24, 2.45) is 4.99 Å². The first-order valence-electron chi connectivity index (χ1n) is 11.2. The van der Waals surface area contributed by atoms with Crippen LogP contribution in [-0.4, -0.2) is 39.2 Å². The van der Waals surface area contributed by atoms with E-state index in [-0.39, 0.29) is 24.3 Å². The summed E-state index contributed by atoms with van der Waals surface area (Å²) in [6.07, 6.45) is 11.7.